The molecule has 4 nitrogen and oxygen atoms in total. The number of amides is 2. The van der Waals surface area contributed by atoms with Crippen LogP contribution in [0.4, 0.5) is 0 Å². The Morgan fingerprint density at radius 3 is 2.84 bits per heavy atom. The van der Waals surface area contributed by atoms with Gasteiger partial charge in [-0.1, -0.05) is 23.2 Å². The van der Waals surface area contributed by atoms with E-state index in [2.05, 4.69) is 5.32 Å². The van der Waals surface area contributed by atoms with Crippen LogP contribution in [-0.2, 0) is 4.79 Å². The van der Waals surface area contributed by atoms with Crippen LogP contribution >= 0.6 is 45.8 Å². The van der Waals surface area contributed by atoms with Gasteiger partial charge in [0.2, 0.25) is 5.91 Å². The highest BCUT2D eigenvalue weighted by molar-refractivity contribution is 14.1. The van der Waals surface area contributed by atoms with E-state index in [1.165, 1.54) is 4.90 Å². The van der Waals surface area contributed by atoms with E-state index >= 15 is 0 Å². The first kappa shape index (κ1) is 14.9. The zero-order valence-corrected chi connectivity index (χ0v) is 13.6. The predicted octanol–water partition coefficient (Wildman–Crippen LogP) is 2.56. The highest BCUT2D eigenvalue weighted by Crippen LogP contribution is 2.27. The molecule has 1 aliphatic rings. The minimum Gasteiger partial charge on any atom is -0.354 e. The molecular weight excluding hydrogens is 402 g/mol. The van der Waals surface area contributed by atoms with Crippen molar-refractivity contribution in [2.75, 3.05) is 19.6 Å². The lowest BCUT2D eigenvalue weighted by molar-refractivity contribution is -0.121. The summed E-state index contributed by atoms with van der Waals surface area (Å²) in [5, 5.41) is 3.58. The quantitative estimate of drug-likeness (QED) is 0.569. The van der Waals surface area contributed by atoms with Gasteiger partial charge in [0.25, 0.3) is 5.91 Å². The average Bonchev–Trinajstić information content (AvgIpc) is 2.57. The smallest absolute Gasteiger partial charge is 0.255 e. The van der Waals surface area contributed by atoms with Crippen molar-refractivity contribution >= 4 is 57.6 Å². The van der Waals surface area contributed by atoms with E-state index in [0.717, 1.165) is 6.42 Å². The van der Waals surface area contributed by atoms with Crippen molar-refractivity contribution < 1.29 is 9.59 Å². The van der Waals surface area contributed by atoms with E-state index in [9.17, 15) is 9.59 Å². The lowest BCUT2D eigenvalue weighted by atomic mass is 10.2. The number of nitrogens with one attached hydrogen (secondary N) is 1. The molecule has 2 rings (SSSR count). The summed E-state index contributed by atoms with van der Waals surface area (Å²) in [7, 11) is 0. The van der Waals surface area contributed by atoms with Gasteiger partial charge < -0.3 is 10.2 Å². The molecule has 1 fully saturated rings. The zero-order valence-electron chi connectivity index (χ0n) is 9.88. The summed E-state index contributed by atoms with van der Waals surface area (Å²) in [5.41, 5.74) is 0.438. The summed E-state index contributed by atoms with van der Waals surface area (Å²) in [6, 6.07) is 3.18. The molecule has 1 N–H and O–H groups in total. The fourth-order valence-corrected chi connectivity index (χ4v) is 2.90. The Morgan fingerprint density at radius 1 is 1.37 bits per heavy atom. The fraction of sp³-hybridized carbons (Fsp3) is 0.333. The van der Waals surface area contributed by atoms with Crippen LogP contribution in [0.5, 0.6) is 0 Å². The average molecular weight is 413 g/mol. The first-order valence-electron chi connectivity index (χ1n) is 5.69. The fourth-order valence-electron chi connectivity index (χ4n) is 1.86. The molecule has 0 aromatic heterocycles. The van der Waals surface area contributed by atoms with Crippen molar-refractivity contribution in [3.63, 3.8) is 0 Å². The second-order valence-electron chi connectivity index (χ2n) is 4.18. The van der Waals surface area contributed by atoms with Gasteiger partial charge in [0.1, 0.15) is 0 Å². The van der Waals surface area contributed by atoms with E-state index in [1.54, 1.807) is 12.1 Å². The van der Waals surface area contributed by atoms with Crippen LogP contribution < -0.4 is 5.32 Å². The predicted molar refractivity (Wildman–Crippen MR) is 82.7 cm³/mol. The van der Waals surface area contributed by atoms with E-state index < -0.39 is 0 Å². The Hall–Kier alpha value is -0.530. The van der Waals surface area contributed by atoms with Crippen molar-refractivity contribution in [1.29, 1.82) is 0 Å². The standard InChI is InChI=1S/C12H11Cl2IN2O2/c13-7-4-8(11(15)9(14)5-7)12(19)17-3-1-2-16-10(18)6-17/h4-5H,1-3,6H2,(H,16,18). The van der Waals surface area contributed by atoms with E-state index in [0.29, 0.717) is 32.3 Å². The van der Waals surface area contributed by atoms with Gasteiger partial charge in [-0.3, -0.25) is 9.59 Å². The molecule has 0 bridgehead atoms. The van der Waals surface area contributed by atoms with Crippen LogP contribution in [0.3, 0.4) is 0 Å². The van der Waals surface area contributed by atoms with Crippen molar-refractivity contribution in [3.05, 3.63) is 31.3 Å². The SMILES string of the molecule is O=C1CN(C(=O)c2cc(Cl)cc(Cl)c2I)CCCN1. The summed E-state index contributed by atoms with van der Waals surface area (Å²) >= 11 is 14.0. The molecule has 1 aromatic rings. The van der Waals surface area contributed by atoms with Gasteiger partial charge in [0.15, 0.2) is 0 Å². The topological polar surface area (TPSA) is 49.4 Å². The summed E-state index contributed by atoms with van der Waals surface area (Å²) in [6.45, 7) is 1.20. The van der Waals surface area contributed by atoms with Gasteiger partial charge in [-0.2, -0.15) is 0 Å². The highest BCUT2D eigenvalue weighted by atomic mass is 127. The first-order valence-corrected chi connectivity index (χ1v) is 7.53. The number of halogens is 3. The molecule has 1 saturated heterocycles. The van der Waals surface area contributed by atoms with Crippen LogP contribution in [0, 0.1) is 3.57 Å². The minimum absolute atomic E-state index is 0.0685. The number of carbonyl (C=O) groups is 2. The Morgan fingerprint density at radius 2 is 2.11 bits per heavy atom. The third-order valence-electron chi connectivity index (χ3n) is 2.77. The van der Waals surface area contributed by atoms with Crippen molar-refractivity contribution in [2.24, 2.45) is 0 Å². The largest absolute Gasteiger partial charge is 0.354 e. The molecule has 0 atom stereocenters. The van der Waals surface area contributed by atoms with Crippen LogP contribution in [0.2, 0.25) is 10.0 Å². The Bertz CT molecular complexity index is 537. The van der Waals surface area contributed by atoms with Gasteiger partial charge in [-0.15, -0.1) is 0 Å². The van der Waals surface area contributed by atoms with Crippen molar-refractivity contribution in [1.82, 2.24) is 10.2 Å². The lowest BCUT2D eigenvalue weighted by Crippen LogP contribution is -2.37. The zero-order chi connectivity index (χ0) is 14.0. The number of hydrogen-bond donors (Lipinski definition) is 1. The Kier molecular flexibility index (Phi) is 4.92. The Labute approximate surface area is 134 Å². The molecular formula is C12H11Cl2IN2O2. The molecule has 19 heavy (non-hydrogen) atoms. The second kappa shape index (κ2) is 6.28. The maximum atomic E-state index is 12.4. The summed E-state index contributed by atoms with van der Waals surface area (Å²) < 4.78 is 0.651. The number of hydrogen-bond acceptors (Lipinski definition) is 2. The monoisotopic (exact) mass is 412 g/mol. The molecule has 0 spiro atoms. The van der Waals surface area contributed by atoms with Gasteiger partial charge >= 0.3 is 0 Å². The summed E-state index contributed by atoms with van der Waals surface area (Å²) in [4.78, 5) is 25.5. The number of carbonyl (C=O) groups excluding carboxylic acids is 2. The molecule has 1 aromatic carbocycles. The third-order valence-corrected chi connectivity index (χ3v) is 4.77. The van der Waals surface area contributed by atoms with Gasteiger partial charge in [-0.05, 0) is 41.1 Å². The van der Waals surface area contributed by atoms with Crippen molar-refractivity contribution in [2.45, 2.75) is 6.42 Å². The van der Waals surface area contributed by atoms with E-state index in [4.69, 9.17) is 23.2 Å². The van der Waals surface area contributed by atoms with Gasteiger partial charge in [0.05, 0.1) is 17.1 Å². The molecule has 0 unspecified atom stereocenters. The molecule has 7 heteroatoms. The number of rotatable bonds is 1. The Balaban J connectivity index is 2.30. The first-order chi connectivity index (χ1) is 8.99. The van der Waals surface area contributed by atoms with Gasteiger partial charge in [-0.25, -0.2) is 0 Å². The molecule has 1 heterocycles. The normalized spacial score (nSPS) is 15.9. The maximum absolute atomic E-state index is 12.4. The molecule has 0 aliphatic carbocycles. The van der Waals surface area contributed by atoms with Crippen LogP contribution in [0.1, 0.15) is 16.8 Å². The van der Waals surface area contributed by atoms with E-state index in [1.807, 2.05) is 22.6 Å². The number of nitrogens with zero attached hydrogens (tertiary/aromatic N) is 1. The molecule has 0 radical (unpaired) electrons. The number of benzene rings is 1. The van der Waals surface area contributed by atoms with Crippen LogP contribution in [0.25, 0.3) is 0 Å². The molecule has 102 valence electrons. The third kappa shape index (κ3) is 3.52. The lowest BCUT2D eigenvalue weighted by Gasteiger charge is -2.20. The van der Waals surface area contributed by atoms with Crippen LogP contribution in [-0.4, -0.2) is 36.3 Å². The summed E-state index contributed by atoms with van der Waals surface area (Å²) in [5.74, 6) is -0.361. The van der Waals surface area contributed by atoms with Crippen molar-refractivity contribution in [3.8, 4) is 0 Å². The molecule has 2 amide bonds. The van der Waals surface area contributed by atoms with Crippen LogP contribution in [0.15, 0.2) is 12.1 Å². The minimum atomic E-state index is -0.217. The molecule has 0 saturated carbocycles. The van der Waals surface area contributed by atoms with Gasteiger partial charge in [0, 0.05) is 21.7 Å². The second-order valence-corrected chi connectivity index (χ2v) is 6.10. The highest BCUT2D eigenvalue weighted by Gasteiger charge is 2.23. The molecule has 1 aliphatic heterocycles. The maximum Gasteiger partial charge on any atom is 0.255 e. The summed E-state index contributed by atoms with van der Waals surface area (Å²) in [6.07, 6.45) is 0.738. The van der Waals surface area contributed by atoms with E-state index in [-0.39, 0.29) is 18.4 Å².